The van der Waals surface area contributed by atoms with Crippen LogP contribution in [0.15, 0.2) is 41.3 Å². The zero-order valence-corrected chi connectivity index (χ0v) is 15.8. The van der Waals surface area contributed by atoms with Gasteiger partial charge in [0, 0.05) is 25.1 Å². The minimum atomic E-state index is -2.37. The van der Waals surface area contributed by atoms with Gasteiger partial charge >= 0.3 is 0 Å². The van der Waals surface area contributed by atoms with Gasteiger partial charge in [-0.3, -0.25) is 0 Å². The predicted molar refractivity (Wildman–Crippen MR) is 104 cm³/mol. The first-order chi connectivity index (χ1) is 12.1. The van der Waals surface area contributed by atoms with E-state index in [0.29, 0.717) is 18.9 Å². The number of hydrogen-bond donors (Lipinski definition) is 1. The van der Waals surface area contributed by atoms with Gasteiger partial charge in [0.2, 0.25) is 6.43 Å². The molecule has 0 radical (unpaired) electrons. The number of aromatic nitrogens is 1. The molecule has 0 saturated carbocycles. The Morgan fingerprint density at radius 3 is 3.00 bits per heavy atom. The van der Waals surface area contributed by atoms with Crippen molar-refractivity contribution in [3.63, 3.8) is 0 Å². The fourth-order valence-electron chi connectivity index (χ4n) is 1.84. The van der Waals surface area contributed by atoms with E-state index >= 15 is 0 Å². The van der Waals surface area contributed by atoms with Crippen LogP contribution in [0.25, 0.3) is 0 Å². The van der Waals surface area contributed by atoms with Crippen LogP contribution in [0.3, 0.4) is 0 Å². The zero-order valence-electron chi connectivity index (χ0n) is 14.2. The lowest BCUT2D eigenvalue weighted by Gasteiger charge is -2.18. The van der Waals surface area contributed by atoms with E-state index in [4.69, 9.17) is 0 Å². The highest BCUT2D eigenvalue weighted by Gasteiger charge is 2.14. The second kappa shape index (κ2) is 12.7. The molecule has 1 heterocycles. The second-order valence-electron chi connectivity index (χ2n) is 4.75. The predicted octanol–water partition coefficient (Wildman–Crippen LogP) is 4.31. The van der Waals surface area contributed by atoms with Gasteiger partial charge in [0.15, 0.2) is 0 Å². The molecule has 1 aromatic rings. The summed E-state index contributed by atoms with van der Waals surface area (Å²) in [5, 5.41) is 11.4. The molecular weight excluding hydrogens is 364 g/mol. The summed E-state index contributed by atoms with van der Waals surface area (Å²) in [4.78, 5) is 5.14. The van der Waals surface area contributed by atoms with Gasteiger partial charge in [0.25, 0.3) is 0 Å². The molecule has 0 saturated heterocycles. The van der Waals surface area contributed by atoms with Gasteiger partial charge in [-0.2, -0.15) is 10.2 Å². The molecule has 5 nitrogen and oxygen atoms in total. The van der Waals surface area contributed by atoms with E-state index in [1.807, 2.05) is 12.3 Å². The van der Waals surface area contributed by atoms with Crippen molar-refractivity contribution in [3.05, 3.63) is 41.0 Å². The van der Waals surface area contributed by atoms with Crippen molar-refractivity contribution in [3.8, 4) is 0 Å². The molecule has 1 rings (SSSR count). The van der Waals surface area contributed by atoms with Crippen LogP contribution in [0, 0.1) is 0 Å². The van der Waals surface area contributed by atoms with E-state index in [2.05, 4.69) is 45.0 Å². The van der Waals surface area contributed by atoms with Gasteiger partial charge in [0.05, 0.1) is 23.8 Å². The van der Waals surface area contributed by atoms with Crippen LogP contribution in [0.1, 0.15) is 29.7 Å². The SMILES string of the molecule is C=C/C=C\NCN(Cc1ncc(/C(CCC(F)F)=N/N=C)s1)SCC. The quantitative estimate of drug-likeness (QED) is 0.180. The highest BCUT2D eigenvalue weighted by atomic mass is 32.2. The molecular formula is C16H23F2N5S2. The van der Waals surface area contributed by atoms with Gasteiger partial charge in [-0.05, 0) is 18.7 Å². The summed E-state index contributed by atoms with van der Waals surface area (Å²) in [7, 11) is 0. The molecule has 0 aliphatic carbocycles. The first-order valence-electron chi connectivity index (χ1n) is 7.75. The Labute approximate surface area is 155 Å². The van der Waals surface area contributed by atoms with Crippen LogP contribution in [0.2, 0.25) is 0 Å². The summed E-state index contributed by atoms with van der Waals surface area (Å²) >= 11 is 3.13. The van der Waals surface area contributed by atoms with Gasteiger partial charge in [0.1, 0.15) is 5.01 Å². The Balaban J connectivity index is 2.72. The average molecular weight is 388 g/mol. The molecule has 0 amide bonds. The summed E-state index contributed by atoms with van der Waals surface area (Å²) < 4.78 is 27.0. The van der Waals surface area contributed by atoms with Gasteiger partial charge < -0.3 is 5.32 Å². The van der Waals surface area contributed by atoms with E-state index in [0.717, 1.165) is 15.6 Å². The van der Waals surface area contributed by atoms with Crippen LogP contribution in [-0.4, -0.2) is 40.6 Å². The Bertz CT molecular complexity index is 587. The molecule has 0 bridgehead atoms. The topological polar surface area (TPSA) is 52.9 Å². The summed E-state index contributed by atoms with van der Waals surface area (Å²) in [5.41, 5.74) is 0.501. The third kappa shape index (κ3) is 8.89. The van der Waals surface area contributed by atoms with Gasteiger partial charge in [-0.25, -0.2) is 18.1 Å². The van der Waals surface area contributed by atoms with Crippen LogP contribution >= 0.6 is 23.3 Å². The van der Waals surface area contributed by atoms with Crippen molar-refractivity contribution < 1.29 is 8.78 Å². The minimum Gasteiger partial charge on any atom is -0.377 e. The molecule has 0 fully saturated rings. The lowest BCUT2D eigenvalue weighted by Crippen LogP contribution is -2.25. The summed E-state index contributed by atoms with van der Waals surface area (Å²) in [6.07, 6.45) is 4.55. The molecule has 0 aliphatic heterocycles. The number of thiazole rings is 1. The molecule has 0 aliphatic rings. The zero-order chi connectivity index (χ0) is 18.5. The summed E-state index contributed by atoms with van der Waals surface area (Å²) in [6, 6.07) is 0. The number of nitrogens with one attached hydrogen (secondary N) is 1. The molecule has 1 N–H and O–H groups in total. The molecule has 0 unspecified atom stereocenters. The Hall–Kier alpha value is -1.58. The standard InChI is InChI=1S/C16H23F2N5S2/c1-4-6-9-20-12-23(24-5-2)11-16-21-10-14(25-16)13(22-19-3)7-8-15(17)18/h4,6,9-10,15,20H,1,3,5,7-8,11-12H2,2H3/b9-6-,22-13+. The summed E-state index contributed by atoms with van der Waals surface area (Å²) in [6.45, 7) is 10.3. The monoisotopic (exact) mass is 387 g/mol. The third-order valence-electron chi connectivity index (χ3n) is 2.87. The molecule has 0 aromatic carbocycles. The van der Waals surface area contributed by atoms with Crippen LogP contribution < -0.4 is 5.32 Å². The first kappa shape index (κ1) is 21.5. The third-order valence-corrected chi connectivity index (χ3v) is 4.78. The van der Waals surface area contributed by atoms with Crippen molar-refractivity contribution in [2.75, 3.05) is 12.4 Å². The maximum absolute atomic E-state index is 12.4. The van der Waals surface area contributed by atoms with Crippen LogP contribution in [0.4, 0.5) is 8.78 Å². The van der Waals surface area contributed by atoms with Crippen molar-refractivity contribution in [1.29, 1.82) is 0 Å². The van der Waals surface area contributed by atoms with Gasteiger partial charge in [-0.15, -0.1) is 11.3 Å². The highest BCUT2D eigenvalue weighted by Crippen LogP contribution is 2.21. The Morgan fingerprint density at radius 1 is 1.56 bits per heavy atom. The number of allylic oxidation sites excluding steroid dienone is 2. The van der Waals surface area contributed by atoms with Gasteiger partial charge in [-0.1, -0.05) is 31.5 Å². The number of hydrogen-bond acceptors (Lipinski definition) is 7. The molecule has 138 valence electrons. The Morgan fingerprint density at radius 2 is 2.36 bits per heavy atom. The Kier molecular flexibility index (Phi) is 10.9. The number of alkyl halides is 2. The minimum absolute atomic E-state index is 0.152. The lowest BCUT2D eigenvalue weighted by molar-refractivity contribution is 0.140. The van der Waals surface area contributed by atoms with E-state index in [-0.39, 0.29) is 12.8 Å². The maximum atomic E-state index is 12.4. The van der Waals surface area contributed by atoms with Crippen LogP contribution in [0.5, 0.6) is 0 Å². The fourth-order valence-corrected chi connectivity index (χ4v) is 3.61. The van der Waals surface area contributed by atoms with E-state index in [9.17, 15) is 8.78 Å². The first-order valence-corrected chi connectivity index (χ1v) is 9.51. The maximum Gasteiger partial charge on any atom is 0.239 e. The van der Waals surface area contributed by atoms with E-state index in [1.165, 1.54) is 11.3 Å². The smallest absolute Gasteiger partial charge is 0.239 e. The molecule has 0 atom stereocenters. The molecule has 25 heavy (non-hydrogen) atoms. The summed E-state index contributed by atoms with van der Waals surface area (Å²) in [5.74, 6) is 0.937. The van der Waals surface area contributed by atoms with Crippen molar-refractivity contribution in [2.45, 2.75) is 32.7 Å². The number of halogens is 2. The average Bonchev–Trinajstić information content (AvgIpc) is 3.03. The van der Waals surface area contributed by atoms with E-state index < -0.39 is 6.43 Å². The van der Waals surface area contributed by atoms with Crippen molar-refractivity contribution in [2.24, 2.45) is 10.2 Å². The molecule has 9 heteroatoms. The number of nitrogens with zero attached hydrogens (tertiary/aromatic N) is 4. The molecule has 1 aromatic heterocycles. The number of rotatable bonds is 13. The normalized spacial score (nSPS) is 12.3. The molecule has 0 spiro atoms. The highest BCUT2D eigenvalue weighted by molar-refractivity contribution is 7.96. The largest absolute Gasteiger partial charge is 0.377 e. The lowest BCUT2D eigenvalue weighted by atomic mass is 10.2. The van der Waals surface area contributed by atoms with Crippen LogP contribution in [-0.2, 0) is 6.54 Å². The van der Waals surface area contributed by atoms with E-state index in [1.54, 1.807) is 24.2 Å². The van der Waals surface area contributed by atoms with Crippen molar-refractivity contribution >= 4 is 35.7 Å². The second-order valence-corrected chi connectivity index (χ2v) is 7.22. The van der Waals surface area contributed by atoms with Crippen molar-refractivity contribution in [1.82, 2.24) is 14.6 Å². The fraction of sp³-hybridized carbons (Fsp3) is 0.438.